The van der Waals surface area contributed by atoms with Crippen molar-refractivity contribution in [3.8, 4) is 5.75 Å². The van der Waals surface area contributed by atoms with Crippen molar-refractivity contribution in [1.82, 2.24) is 20.9 Å². The number of benzene rings is 2. The maximum atomic E-state index is 14.0. The minimum atomic E-state index is -0.891. The zero-order valence-electron chi connectivity index (χ0n) is 23.5. The summed E-state index contributed by atoms with van der Waals surface area (Å²) < 4.78 is 19.9. The van der Waals surface area contributed by atoms with Crippen LogP contribution in [0.4, 0.5) is 4.39 Å². The van der Waals surface area contributed by atoms with Gasteiger partial charge in [0.2, 0.25) is 17.7 Å². The predicted molar refractivity (Wildman–Crippen MR) is 153 cm³/mol. The second kappa shape index (κ2) is 13.6. The van der Waals surface area contributed by atoms with Crippen LogP contribution in [0.15, 0.2) is 42.5 Å². The number of nitrogens with one attached hydrogen (secondary N) is 4. The van der Waals surface area contributed by atoms with Crippen molar-refractivity contribution in [2.75, 3.05) is 26.7 Å². The number of aryl methyl sites for hydroxylation is 1. The van der Waals surface area contributed by atoms with Crippen LogP contribution in [0, 0.1) is 17.1 Å². The summed E-state index contributed by atoms with van der Waals surface area (Å²) in [5.41, 5.74) is 7.71. The number of fused-ring (bicyclic) bond motifs is 1. The number of nitrogen functional groups attached to an aromatic ring is 1. The van der Waals surface area contributed by atoms with E-state index in [2.05, 4.69) is 16.0 Å². The molecule has 0 saturated heterocycles. The number of nitrogens with zero attached hydrogens (tertiary/aromatic N) is 1. The van der Waals surface area contributed by atoms with Gasteiger partial charge in [-0.1, -0.05) is 30.3 Å². The molecule has 3 amide bonds. The quantitative estimate of drug-likeness (QED) is 0.280. The first-order chi connectivity index (χ1) is 19.6. The lowest BCUT2D eigenvalue weighted by molar-refractivity contribution is -0.141. The zero-order valence-corrected chi connectivity index (χ0v) is 23.5. The molecule has 1 aliphatic heterocycles. The van der Waals surface area contributed by atoms with E-state index in [1.165, 1.54) is 17.0 Å². The molecule has 41 heavy (non-hydrogen) atoms. The van der Waals surface area contributed by atoms with Gasteiger partial charge in [-0.15, -0.1) is 0 Å². The van der Waals surface area contributed by atoms with Gasteiger partial charge in [0.05, 0.1) is 6.04 Å². The van der Waals surface area contributed by atoms with Gasteiger partial charge in [-0.25, -0.2) is 4.39 Å². The van der Waals surface area contributed by atoms with E-state index in [1.54, 1.807) is 44.3 Å². The molecule has 4 rings (SSSR count). The first-order valence-corrected chi connectivity index (χ1v) is 14.1. The number of ether oxygens (including phenoxy) is 1. The summed E-state index contributed by atoms with van der Waals surface area (Å²) in [5.74, 6) is -0.840. The Kier molecular flexibility index (Phi) is 9.93. The molecule has 0 unspecified atom stereocenters. The van der Waals surface area contributed by atoms with Gasteiger partial charge in [0, 0.05) is 38.2 Å². The van der Waals surface area contributed by atoms with Gasteiger partial charge in [-0.3, -0.25) is 19.8 Å². The van der Waals surface area contributed by atoms with Crippen LogP contribution in [-0.2, 0) is 27.2 Å². The van der Waals surface area contributed by atoms with E-state index < -0.39 is 29.8 Å². The van der Waals surface area contributed by atoms with Crippen LogP contribution < -0.4 is 26.4 Å². The molecular formula is C30H39FN6O4. The SMILES string of the molecule is C[C@@H]1C(=O)N[C@H](Cc2ccc(C(=N)N)cc2)C(=O)NCCCc2ccc(F)cc2OCCN[C@@H](C2CC2)C(=O)N1C. The number of halogens is 1. The van der Waals surface area contributed by atoms with Crippen molar-refractivity contribution < 1.29 is 23.5 Å². The van der Waals surface area contributed by atoms with Gasteiger partial charge in [0.1, 0.15) is 36.1 Å². The Labute approximate surface area is 239 Å². The highest BCUT2D eigenvalue weighted by atomic mass is 19.1. The summed E-state index contributed by atoms with van der Waals surface area (Å²) >= 11 is 0. The second-order valence-electron chi connectivity index (χ2n) is 10.8. The Balaban J connectivity index is 1.55. The van der Waals surface area contributed by atoms with Gasteiger partial charge in [0.25, 0.3) is 0 Å². The average Bonchev–Trinajstić information content (AvgIpc) is 3.79. The summed E-state index contributed by atoms with van der Waals surface area (Å²) in [5, 5.41) is 16.6. The first-order valence-electron chi connectivity index (χ1n) is 14.1. The largest absolute Gasteiger partial charge is 0.492 e. The summed E-state index contributed by atoms with van der Waals surface area (Å²) in [7, 11) is 1.59. The number of hydrogen-bond acceptors (Lipinski definition) is 6. The molecule has 1 heterocycles. The molecule has 1 saturated carbocycles. The van der Waals surface area contributed by atoms with E-state index in [1.807, 2.05) is 0 Å². The van der Waals surface area contributed by atoms with Gasteiger partial charge >= 0.3 is 0 Å². The fraction of sp³-hybridized carbons (Fsp3) is 0.467. The van der Waals surface area contributed by atoms with E-state index >= 15 is 0 Å². The Morgan fingerprint density at radius 2 is 1.83 bits per heavy atom. The number of nitrogens with two attached hydrogens (primary N) is 1. The summed E-state index contributed by atoms with van der Waals surface area (Å²) in [6, 6.07) is 9.17. The number of amides is 3. The standard InChI is InChI=1S/C30H39FN6O4/c1-18-28(38)36-24(16-19-5-7-22(8-6-19)27(32)33)29(39)35-13-3-4-20-11-12-23(31)17-25(20)41-15-14-34-26(21-9-10-21)30(40)37(18)2/h5-8,11-12,17-18,21,24,26,34H,3-4,9-10,13-16H2,1-2H3,(H3,32,33)(H,35,39)(H,36,38)/t18-,24-,26+/m1/s1. The topological polar surface area (TPSA) is 150 Å². The van der Waals surface area contributed by atoms with Gasteiger partial charge in [-0.2, -0.15) is 0 Å². The number of carbonyl (C=O) groups excluding carboxylic acids is 3. The summed E-state index contributed by atoms with van der Waals surface area (Å²) in [6.07, 6.45) is 3.17. The third-order valence-electron chi connectivity index (χ3n) is 7.68. The molecule has 6 N–H and O–H groups in total. The lowest BCUT2D eigenvalue weighted by Gasteiger charge is -2.30. The molecule has 1 fully saturated rings. The maximum Gasteiger partial charge on any atom is 0.243 e. The van der Waals surface area contributed by atoms with Crippen LogP contribution in [0.3, 0.4) is 0 Å². The van der Waals surface area contributed by atoms with E-state index in [0.29, 0.717) is 37.2 Å². The number of likely N-dealkylation sites (N-methyl/N-ethyl adjacent to an activating group) is 1. The molecule has 10 nitrogen and oxygen atoms in total. The lowest BCUT2D eigenvalue weighted by atomic mass is 10.0. The Morgan fingerprint density at radius 3 is 2.51 bits per heavy atom. The van der Waals surface area contributed by atoms with E-state index in [9.17, 15) is 18.8 Å². The monoisotopic (exact) mass is 566 g/mol. The molecule has 11 heteroatoms. The fourth-order valence-corrected chi connectivity index (χ4v) is 4.89. The zero-order chi connectivity index (χ0) is 29.5. The number of hydrogen-bond donors (Lipinski definition) is 5. The molecule has 0 spiro atoms. The van der Waals surface area contributed by atoms with Crippen molar-refractivity contribution in [2.24, 2.45) is 11.7 Å². The maximum absolute atomic E-state index is 14.0. The fourth-order valence-electron chi connectivity index (χ4n) is 4.89. The van der Waals surface area contributed by atoms with Gasteiger partial charge < -0.3 is 31.3 Å². The normalized spacial score (nSPS) is 23.3. The van der Waals surface area contributed by atoms with Gasteiger partial charge in [-0.05, 0) is 55.7 Å². The number of carbonyl (C=O) groups is 3. The van der Waals surface area contributed by atoms with Crippen molar-refractivity contribution >= 4 is 23.6 Å². The minimum Gasteiger partial charge on any atom is -0.492 e. The van der Waals surface area contributed by atoms with Crippen LogP contribution in [0.2, 0.25) is 0 Å². The summed E-state index contributed by atoms with van der Waals surface area (Å²) in [4.78, 5) is 41.4. The highest BCUT2D eigenvalue weighted by Crippen LogP contribution is 2.33. The van der Waals surface area contributed by atoms with Crippen LogP contribution in [0.25, 0.3) is 0 Å². The van der Waals surface area contributed by atoms with Crippen LogP contribution in [-0.4, -0.2) is 73.3 Å². The van der Waals surface area contributed by atoms with Crippen molar-refractivity contribution in [1.29, 1.82) is 5.41 Å². The third kappa shape index (κ3) is 8.03. The third-order valence-corrected chi connectivity index (χ3v) is 7.68. The minimum absolute atomic E-state index is 0.0611. The molecule has 2 aliphatic rings. The number of rotatable bonds is 4. The molecule has 0 aromatic heterocycles. The molecule has 220 valence electrons. The van der Waals surface area contributed by atoms with Crippen molar-refractivity contribution in [3.63, 3.8) is 0 Å². The highest BCUT2D eigenvalue weighted by molar-refractivity contribution is 5.95. The Bertz CT molecular complexity index is 1270. The Morgan fingerprint density at radius 1 is 1.10 bits per heavy atom. The second-order valence-corrected chi connectivity index (χ2v) is 10.8. The predicted octanol–water partition coefficient (Wildman–Crippen LogP) is 1.49. The smallest absolute Gasteiger partial charge is 0.243 e. The van der Waals surface area contributed by atoms with E-state index in [4.69, 9.17) is 15.9 Å². The molecule has 3 atom stereocenters. The average molecular weight is 567 g/mol. The Hall–Kier alpha value is -3.99. The van der Waals surface area contributed by atoms with Crippen molar-refractivity contribution in [2.45, 2.75) is 57.2 Å². The van der Waals surface area contributed by atoms with Crippen LogP contribution in [0.5, 0.6) is 5.75 Å². The molecule has 2 aromatic rings. The molecule has 0 radical (unpaired) electrons. The van der Waals surface area contributed by atoms with Crippen LogP contribution >= 0.6 is 0 Å². The first kappa shape index (κ1) is 30.0. The van der Waals surface area contributed by atoms with Crippen molar-refractivity contribution in [3.05, 3.63) is 65.0 Å². The summed E-state index contributed by atoms with van der Waals surface area (Å²) in [6.45, 7) is 2.61. The van der Waals surface area contributed by atoms with E-state index in [0.717, 1.165) is 24.0 Å². The molecule has 0 bridgehead atoms. The lowest BCUT2D eigenvalue weighted by Crippen LogP contribution is -2.56. The number of amidine groups is 1. The molecule has 1 aliphatic carbocycles. The van der Waals surface area contributed by atoms with Gasteiger partial charge in [0.15, 0.2) is 0 Å². The van der Waals surface area contributed by atoms with E-state index in [-0.39, 0.29) is 36.6 Å². The highest BCUT2D eigenvalue weighted by Gasteiger charge is 2.39. The molecular weight excluding hydrogens is 527 g/mol. The molecule has 2 aromatic carbocycles. The van der Waals surface area contributed by atoms with Crippen LogP contribution in [0.1, 0.15) is 42.9 Å².